The van der Waals surface area contributed by atoms with E-state index < -0.39 is 5.41 Å². The Balaban J connectivity index is 1.99. The second kappa shape index (κ2) is 7.24. The number of rotatable bonds is 5. The van der Waals surface area contributed by atoms with Crippen LogP contribution in [0.4, 0.5) is 4.79 Å². The lowest BCUT2D eigenvalue weighted by Crippen LogP contribution is -2.49. The Morgan fingerprint density at radius 3 is 3.00 bits per heavy atom. The number of thiophene rings is 1. The minimum atomic E-state index is -0.425. The Labute approximate surface area is 129 Å². The molecule has 0 unspecified atom stereocenters. The first-order valence-electron chi connectivity index (χ1n) is 7.32. The molecule has 21 heavy (non-hydrogen) atoms. The molecular formula is C15H24N2O3S. The highest BCUT2D eigenvalue weighted by Crippen LogP contribution is 2.35. The fraction of sp³-hybridized carbons (Fsp3) is 0.667. The summed E-state index contributed by atoms with van der Waals surface area (Å²) in [4.78, 5) is 13.3. The van der Waals surface area contributed by atoms with Gasteiger partial charge >= 0.3 is 6.03 Å². The number of urea groups is 1. The fourth-order valence-corrected chi connectivity index (χ4v) is 3.40. The zero-order valence-corrected chi connectivity index (χ0v) is 13.4. The van der Waals surface area contributed by atoms with Crippen molar-refractivity contribution in [3.63, 3.8) is 0 Å². The lowest BCUT2D eigenvalue weighted by Gasteiger charge is -2.33. The van der Waals surface area contributed by atoms with Gasteiger partial charge in [-0.3, -0.25) is 0 Å². The van der Waals surface area contributed by atoms with Gasteiger partial charge in [0, 0.05) is 16.9 Å². The molecule has 0 spiro atoms. The van der Waals surface area contributed by atoms with Crippen LogP contribution in [0.25, 0.3) is 0 Å². The van der Waals surface area contributed by atoms with Gasteiger partial charge in [0.2, 0.25) is 0 Å². The zero-order chi connectivity index (χ0) is 15.3. The van der Waals surface area contributed by atoms with Gasteiger partial charge in [0.15, 0.2) is 0 Å². The van der Waals surface area contributed by atoms with Crippen molar-refractivity contribution in [3.05, 3.63) is 22.4 Å². The van der Waals surface area contributed by atoms with Crippen molar-refractivity contribution >= 4 is 17.4 Å². The molecule has 1 aliphatic heterocycles. The smallest absolute Gasteiger partial charge is 0.315 e. The molecule has 0 radical (unpaired) electrons. The number of amides is 2. The van der Waals surface area contributed by atoms with Crippen LogP contribution in [0.15, 0.2) is 17.5 Å². The zero-order valence-electron chi connectivity index (χ0n) is 12.6. The molecule has 118 valence electrons. The van der Waals surface area contributed by atoms with Crippen molar-refractivity contribution in [2.75, 3.05) is 19.8 Å². The van der Waals surface area contributed by atoms with Crippen LogP contribution in [0.2, 0.25) is 0 Å². The number of ether oxygens (including phenoxy) is 1. The number of carbonyl (C=O) groups excluding carboxylic acids is 1. The summed E-state index contributed by atoms with van der Waals surface area (Å²) in [7, 11) is 0. The van der Waals surface area contributed by atoms with Crippen molar-refractivity contribution in [1.29, 1.82) is 0 Å². The molecule has 0 aromatic carbocycles. The molecule has 0 bridgehead atoms. The highest BCUT2D eigenvalue weighted by Gasteiger charge is 2.32. The maximum Gasteiger partial charge on any atom is 0.315 e. The lowest BCUT2D eigenvalue weighted by atomic mass is 9.84. The van der Waals surface area contributed by atoms with Gasteiger partial charge in [-0.15, -0.1) is 11.3 Å². The topological polar surface area (TPSA) is 70.6 Å². The molecule has 1 saturated heterocycles. The van der Waals surface area contributed by atoms with Crippen LogP contribution in [0, 0.1) is 5.41 Å². The van der Waals surface area contributed by atoms with Crippen molar-refractivity contribution in [1.82, 2.24) is 10.6 Å². The number of hydrogen-bond donors (Lipinski definition) is 3. The summed E-state index contributed by atoms with van der Waals surface area (Å²) in [5.41, 5.74) is -0.425. The molecule has 2 rings (SSSR count). The molecule has 1 aliphatic rings. The molecule has 5 nitrogen and oxygen atoms in total. The molecule has 2 heterocycles. The first-order chi connectivity index (χ1) is 10.0. The van der Waals surface area contributed by atoms with Crippen LogP contribution < -0.4 is 10.6 Å². The maximum atomic E-state index is 12.2. The SMILES string of the molecule is CC(C)(CO)[C@H](NC(=O)N[C@@H]1CCCOC1)c1cccs1. The molecule has 1 aromatic heterocycles. The monoisotopic (exact) mass is 312 g/mol. The molecule has 2 amide bonds. The maximum absolute atomic E-state index is 12.2. The Hall–Kier alpha value is -1.11. The first kappa shape index (κ1) is 16.3. The summed E-state index contributed by atoms with van der Waals surface area (Å²) in [6, 6.07) is 3.59. The number of aliphatic hydroxyl groups excluding tert-OH is 1. The van der Waals surface area contributed by atoms with Gasteiger partial charge in [-0.05, 0) is 24.3 Å². The van der Waals surface area contributed by atoms with Gasteiger partial charge in [0.1, 0.15) is 0 Å². The van der Waals surface area contributed by atoms with Gasteiger partial charge < -0.3 is 20.5 Å². The quantitative estimate of drug-likeness (QED) is 0.781. The summed E-state index contributed by atoms with van der Waals surface area (Å²) < 4.78 is 5.37. The van der Waals surface area contributed by atoms with Crippen molar-refractivity contribution in [3.8, 4) is 0 Å². The normalized spacial score (nSPS) is 20.8. The molecule has 3 N–H and O–H groups in total. The van der Waals surface area contributed by atoms with Gasteiger partial charge in [-0.25, -0.2) is 4.79 Å². The third kappa shape index (κ3) is 4.43. The van der Waals surface area contributed by atoms with Crippen molar-refractivity contribution in [2.24, 2.45) is 5.41 Å². The van der Waals surface area contributed by atoms with Gasteiger partial charge in [0.05, 0.1) is 25.3 Å². The van der Waals surface area contributed by atoms with Crippen molar-refractivity contribution < 1.29 is 14.6 Å². The van der Waals surface area contributed by atoms with Crippen LogP contribution >= 0.6 is 11.3 Å². The summed E-state index contributed by atoms with van der Waals surface area (Å²) in [5, 5.41) is 17.5. The Kier molecular flexibility index (Phi) is 5.61. The summed E-state index contributed by atoms with van der Waals surface area (Å²) in [6.07, 6.45) is 1.92. The molecule has 0 saturated carbocycles. The second-order valence-corrected chi connectivity index (χ2v) is 7.11. The van der Waals surface area contributed by atoms with Crippen LogP contribution in [0.1, 0.15) is 37.6 Å². The molecule has 0 aliphatic carbocycles. The number of carbonyl (C=O) groups is 1. The van der Waals surface area contributed by atoms with Crippen LogP contribution in [0.5, 0.6) is 0 Å². The molecule has 6 heteroatoms. The predicted octanol–water partition coefficient (Wildman–Crippen LogP) is 2.29. The van der Waals surface area contributed by atoms with E-state index in [2.05, 4.69) is 10.6 Å². The van der Waals surface area contributed by atoms with Crippen LogP contribution in [-0.4, -0.2) is 37.0 Å². The average molecular weight is 312 g/mol. The Bertz CT molecular complexity index is 442. The number of nitrogens with one attached hydrogen (secondary N) is 2. The largest absolute Gasteiger partial charge is 0.396 e. The van der Waals surface area contributed by atoms with E-state index in [4.69, 9.17) is 4.74 Å². The summed E-state index contributed by atoms with van der Waals surface area (Å²) in [5.74, 6) is 0. The minimum absolute atomic E-state index is 0.00237. The molecule has 1 fully saturated rings. The Morgan fingerprint density at radius 2 is 2.43 bits per heavy atom. The summed E-state index contributed by atoms with van der Waals surface area (Å²) in [6.45, 7) is 5.24. The average Bonchev–Trinajstić information content (AvgIpc) is 2.99. The van der Waals surface area contributed by atoms with E-state index in [1.54, 1.807) is 11.3 Å². The first-order valence-corrected chi connectivity index (χ1v) is 8.20. The van der Waals surface area contributed by atoms with E-state index in [0.717, 1.165) is 24.3 Å². The fourth-order valence-electron chi connectivity index (χ4n) is 2.41. The van der Waals surface area contributed by atoms with E-state index in [1.165, 1.54) is 0 Å². The molecule has 1 aromatic rings. The molecular weight excluding hydrogens is 288 g/mol. The molecule has 2 atom stereocenters. The van der Waals surface area contributed by atoms with Crippen LogP contribution in [-0.2, 0) is 4.74 Å². The van der Waals surface area contributed by atoms with E-state index in [0.29, 0.717) is 6.61 Å². The second-order valence-electron chi connectivity index (χ2n) is 6.13. The number of hydrogen-bond acceptors (Lipinski definition) is 4. The lowest BCUT2D eigenvalue weighted by molar-refractivity contribution is 0.0718. The van der Waals surface area contributed by atoms with Crippen molar-refractivity contribution in [2.45, 2.75) is 38.8 Å². The van der Waals surface area contributed by atoms with Crippen LogP contribution in [0.3, 0.4) is 0 Å². The highest BCUT2D eigenvalue weighted by molar-refractivity contribution is 7.10. The van der Waals surface area contributed by atoms with E-state index in [-0.39, 0.29) is 24.7 Å². The van der Waals surface area contributed by atoms with Gasteiger partial charge in [-0.2, -0.15) is 0 Å². The number of aliphatic hydroxyl groups is 1. The van der Waals surface area contributed by atoms with Gasteiger partial charge in [-0.1, -0.05) is 19.9 Å². The standard InChI is InChI=1S/C15H24N2O3S/c1-15(2,10-18)13(12-6-4-8-21-12)17-14(19)16-11-5-3-7-20-9-11/h4,6,8,11,13,18H,3,5,7,9-10H2,1-2H3,(H2,16,17,19)/t11-,13-/m1/s1. The highest BCUT2D eigenvalue weighted by atomic mass is 32.1. The minimum Gasteiger partial charge on any atom is -0.396 e. The Morgan fingerprint density at radius 1 is 1.62 bits per heavy atom. The van der Waals surface area contributed by atoms with E-state index >= 15 is 0 Å². The van der Waals surface area contributed by atoms with E-state index in [9.17, 15) is 9.90 Å². The third-order valence-corrected chi connectivity index (χ3v) is 4.72. The third-order valence-electron chi connectivity index (χ3n) is 3.79. The van der Waals surface area contributed by atoms with Gasteiger partial charge in [0.25, 0.3) is 0 Å². The summed E-state index contributed by atoms with van der Waals surface area (Å²) >= 11 is 1.58. The predicted molar refractivity (Wildman–Crippen MR) is 83.4 cm³/mol. The van der Waals surface area contributed by atoms with E-state index in [1.807, 2.05) is 31.4 Å².